The number of ether oxygens (including phenoxy) is 1. The van der Waals surface area contributed by atoms with E-state index >= 15 is 0 Å². The number of nitrogens with one attached hydrogen (secondary N) is 3. The third kappa shape index (κ3) is 5.04. The van der Waals surface area contributed by atoms with Crippen molar-refractivity contribution in [1.82, 2.24) is 15.3 Å². The fourth-order valence-electron chi connectivity index (χ4n) is 4.02. The molecular weight excluding hydrogens is 426 g/mol. The number of fused-ring (bicyclic) bond motifs is 1. The van der Waals surface area contributed by atoms with Crippen molar-refractivity contribution in [1.29, 1.82) is 5.26 Å². The van der Waals surface area contributed by atoms with E-state index in [0.717, 1.165) is 63.4 Å². The van der Waals surface area contributed by atoms with Gasteiger partial charge in [-0.3, -0.25) is 4.98 Å². The topological polar surface area (TPSA) is 106 Å². The molecule has 0 aliphatic rings. The fourth-order valence-corrected chi connectivity index (χ4v) is 4.02. The van der Waals surface area contributed by atoms with Crippen LogP contribution >= 0.6 is 0 Å². The summed E-state index contributed by atoms with van der Waals surface area (Å²) in [5, 5.41) is 26.5. The summed E-state index contributed by atoms with van der Waals surface area (Å²) in [6.45, 7) is 6.24. The van der Waals surface area contributed by atoms with Crippen LogP contribution in [0.5, 0.6) is 5.75 Å². The minimum absolute atomic E-state index is 0.188. The van der Waals surface area contributed by atoms with E-state index in [1.54, 1.807) is 6.20 Å². The number of hydrogen-bond acceptors (Lipinski definition) is 6. The number of aromatic nitrogens is 2. The Morgan fingerprint density at radius 2 is 1.91 bits per heavy atom. The Balaban J connectivity index is 1.59. The number of pyridine rings is 1. The standard InChI is InChI=1S/C27H29N5O2/c1-18-23-10-12-30-25(23)9-8-24(18)32-27-21(16-28)17-31-19(2)26(27)20-4-6-22(7-5-20)34-15-13-29-11-3-14-33/h4-10,12,17,29-30,33H,3,11,13-15H2,1-2H3,(H,31,32). The third-order valence-corrected chi connectivity index (χ3v) is 5.85. The number of aryl methyl sites for hydroxylation is 2. The zero-order valence-electron chi connectivity index (χ0n) is 19.5. The molecule has 0 bridgehead atoms. The first-order valence-electron chi connectivity index (χ1n) is 11.4. The molecule has 34 heavy (non-hydrogen) atoms. The highest BCUT2D eigenvalue weighted by Gasteiger charge is 2.16. The molecule has 2 aromatic carbocycles. The van der Waals surface area contributed by atoms with E-state index in [9.17, 15) is 5.26 Å². The highest BCUT2D eigenvalue weighted by molar-refractivity contribution is 5.92. The first-order chi connectivity index (χ1) is 16.6. The minimum Gasteiger partial charge on any atom is -0.492 e. The zero-order valence-corrected chi connectivity index (χ0v) is 19.5. The zero-order chi connectivity index (χ0) is 23.9. The van der Waals surface area contributed by atoms with Gasteiger partial charge in [0.2, 0.25) is 0 Å². The average Bonchev–Trinajstić information content (AvgIpc) is 3.34. The van der Waals surface area contributed by atoms with Gasteiger partial charge in [-0.2, -0.15) is 5.26 Å². The lowest BCUT2D eigenvalue weighted by Crippen LogP contribution is -2.22. The highest BCUT2D eigenvalue weighted by atomic mass is 16.5. The SMILES string of the molecule is Cc1ncc(C#N)c(Nc2ccc3[nH]ccc3c2C)c1-c1ccc(OCCNCCCO)cc1. The second-order valence-corrected chi connectivity index (χ2v) is 8.12. The maximum atomic E-state index is 9.81. The molecule has 0 atom stereocenters. The van der Waals surface area contributed by atoms with Gasteiger partial charge in [0.15, 0.2) is 0 Å². The quantitative estimate of drug-likeness (QED) is 0.256. The minimum atomic E-state index is 0.188. The van der Waals surface area contributed by atoms with Gasteiger partial charge in [0.1, 0.15) is 18.4 Å². The van der Waals surface area contributed by atoms with Crippen LogP contribution in [0, 0.1) is 25.2 Å². The van der Waals surface area contributed by atoms with Gasteiger partial charge >= 0.3 is 0 Å². The van der Waals surface area contributed by atoms with Crippen LogP contribution in [0.2, 0.25) is 0 Å². The molecule has 0 unspecified atom stereocenters. The highest BCUT2D eigenvalue weighted by Crippen LogP contribution is 2.37. The lowest BCUT2D eigenvalue weighted by Gasteiger charge is -2.18. The first-order valence-corrected chi connectivity index (χ1v) is 11.4. The van der Waals surface area contributed by atoms with Crippen molar-refractivity contribution in [3.63, 3.8) is 0 Å². The second kappa shape index (κ2) is 10.8. The summed E-state index contributed by atoms with van der Waals surface area (Å²) in [4.78, 5) is 7.71. The summed E-state index contributed by atoms with van der Waals surface area (Å²) >= 11 is 0. The Bertz CT molecular complexity index is 1310. The van der Waals surface area contributed by atoms with E-state index < -0.39 is 0 Å². The summed E-state index contributed by atoms with van der Waals surface area (Å²) in [6.07, 6.45) is 4.28. The predicted octanol–water partition coefficient (Wildman–Crippen LogP) is 4.81. The number of rotatable bonds is 10. The lowest BCUT2D eigenvalue weighted by atomic mass is 9.99. The van der Waals surface area contributed by atoms with E-state index in [1.165, 1.54) is 0 Å². The Labute approximate surface area is 199 Å². The van der Waals surface area contributed by atoms with Gasteiger partial charge in [-0.25, -0.2) is 0 Å². The molecule has 4 aromatic rings. The summed E-state index contributed by atoms with van der Waals surface area (Å²) in [7, 11) is 0. The van der Waals surface area contributed by atoms with Crippen molar-refractivity contribution in [2.45, 2.75) is 20.3 Å². The number of hydrogen-bond donors (Lipinski definition) is 4. The fraction of sp³-hybridized carbons (Fsp3) is 0.259. The molecule has 0 saturated carbocycles. The third-order valence-electron chi connectivity index (χ3n) is 5.85. The monoisotopic (exact) mass is 455 g/mol. The number of anilines is 2. The lowest BCUT2D eigenvalue weighted by molar-refractivity contribution is 0.279. The molecule has 4 N–H and O–H groups in total. The van der Waals surface area contributed by atoms with Crippen LogP contribution < -0.4 is 15.4 Å². The summed E-state index contributed by atoms with van der Waals surface area (Å²) in [6, 6.07) is 16.3. The molecule has 0 aliphatic carbocycles. The number of aliphatic hydroxyl groups is 1. The predicted molar refractivity (Wildman–Crippen MR) is 136 cm³/mol. The van der Waals surface area contributed by atoms with Crippen LogP contribution in [0.4, 0.5) is 11.4 Å². The number of aromatic amines is 1. The molecule has 0 fully saturated rings. The van der Waals surface area contributed by atoms with Crippen molar-refractivity contribution in [2.75, 3.05) is 31.6 Å². The molecule has 2 aromatic heterocycles. The molecule has 0 aliphatic heterocycles. The van der Waals surface area contributed by atoms with Crippen LogP contribution in [0.3, 0.4) is 0 Å². The van der Waals surface area contributed by atoms with Crippen LogP contribution in [-0.2, 0) is 0 Å². The molecule has 0 amide bonds. The van der Waals surface area contributed by atoms with Gasteiger partial charge in [0, 0.05) is 53.4 Å². The van der Waals surface area contributed by atoms with E-state index in [1.807, 2.05) is 49.5 Å². The smallest absolute Gasteiger partial charge is 0.119 e. The number of nitrogens with zero attached hydrogens (tertiary/aromatic N) is 2. The van der Waals surface area contributed by atoms with E-state index in [4.69, 9.17) is 9.84 Å². The molecule has 2 heterocycles. The van der Waals surface area contributed by atoms with Crippen LogP contribution in [0.15, 0.2) is 54.9 Å². The molecule has 7 nitrogen and oxygen atoms in total. The maximum Gasteiger partial charge on any atom is 0.119 e. The maximum absolute atomic E-state index is 9.81. The largest absolute Gasteiger partial charge is 0.492 e. The molecule has 4 rings (SSSR count). The normalized spacial score (nSPS) is 10.9. The van der Waals surface area contributed by atoms with Crippen molar-refractivity contribution >= 4 is 22.3 Å². The van der Waals surface area contributed by atoms with Crippen molar-refractivity contribution < 1.29 is 9.84 Å². The summed E-state index contributed by atoms with van der Waals surface area (Å²) < 4.78 is 5.82. The number of H-pyrrole nitrogens is 1. The molecular formula is C27H29N5O2. The second-order valence-electron chi connectivity index (χ2n) is 8.12. The number of benzene rings is 2. The molecule has 0 radical (unpaired) electrons. The van der Waals surface area contributed by atoms with Crippen molar-refractivity contribution in [3.05, 3.63) is 71.7 Å². The van der Waals surface area contributed by atoms with Gasteiger partial charge in [-0.1, -0.05) is 12.1 Å². The van der Waals surface area contributed by atoms with Gasteiger partial charge in [-0.05, 0) is 68.3 Å². The molecule has 7 heteroatoms. The molecule has 0 spiro atoms. The number of nitriles is 1. The van der Waals surface area contributed by atoms with Gasteiger partial charge in [0.25, 0.3) is 0 Å². The van der Waals surface area contributed by atoms with Crippen LogP contribution in [0.1, 0.15) is 23.2 Å². The van der Waals surface area contributed by atoms with Crippen LogP contribution in [0.25, 0.3) is 22.0 Å². The van der Waals surface area contributed by atoms with Gasteiger partial charge in [0.05, 0.1) is 11.3 Å². The van der Waals surface area contributed by atoms with Crippen molar-refractivity contribution in [3.8, 4) is 22.9 Å². The Kier molecular flexibility index (Phi) is 7.43. The Morgan fingerprint density at radius 3 is 2.68 bits per heavy atom. The van der Waals surface area contributed by atoms with Crippen molar-refractivity contribution in [2.24, 2.45) is 0 Å². The van der Waals surface area contributed by atoms with Gasteiger partial charge in [-0.15, -0.1) is 0 Å². The molecule has 174 valence electrons. The summed E-state index contributed by atoms with van der Waals surface area (Å²) in [5.41, 5.74) is 7.06. The first kappa shape index (κ1) is 23.3. The van der Waals surface area contributed by atoms with Gasteiger partial charge < -0.3 is 25.5 Å². The average molecular weight is 456 g/mol. The van der Waals surface area contributed by atoms with E-state index in [2.05, 4.69) is 39.7 Å². The van der Waals surface area contributed by atoms with E-state index in [-0.39, 0.29) is 6.61 Å². The Hall–Kier alpha value is -3.86. The molecule has 0 saturated heterocycles. The van der Waals surface area contributed by atoms with E-state index in [0.29, 0.717) is 18.7 Å². The van der Waals surface area contributed by atoms with Crippen LogP contribution in [-0.4, -0.2) is 41.4 Å². The Morgan fingerprint density at radius 1 is 1.09 bits per heavy atom. The summed E-state index contributed by atoms with van der Waals surface area (Å²) in [5.74, 6) is 0.776. The number of aliphatic hydroxyl groups excluding tert-OH is 1.